The molecule has 0 atom stereocenters. The van der Waals surface area contributed by atoms with Crippen LogP contribution < -0.4 is 16.0 Å². The van der Waals surface area contributed by atoms with Crippen LogP contribution in [0.25, 0.3) is 22.0 Å². The summed E-state index contributed by atoms with van der Waals surface area (Å²) in [4.78, 5) is 11.9. The van der Waals surface area contributed by atoms with Gasteiger partial charge in [-0.15, -0.1) is 12.4 Å². The van der Waals surface area contributed by atoms with E-state index < -0.39 is 0 Å². The summed E-state index contributed by atoms with van der Waals surface area (Å²) >= 11 is 0. The highest BCUT2D eigenvalue weighted by molar-refractivity contribution is 5.94. The number of nitrogens with two attached hydrogens (primary N) is 1. The zero-order chi connectivity index (χ0) is 14.8. The van der Waals surface area contributed by atoms with E-state index in [1.807, 2.05) is 30.3 Å². The van der Waals surface area contributed by atoms with Crippen molar-refractivity contribution in [3.8, 4) is 17.0 Å². The SMILES string of the molecule is COc1ccc2c(=O)[nH]nc(-c3ccc(CN)cc3)c2c1.Cl. The molecule has 0 aliphatic rings. The average Bonchev–Trinajstić information content (AvgIpc) is 2.55. The number of aromatic amines is 1. The summed E-state index contributed by atoms with van der Waals surface area (Å²) in [5.41, 5.74) is 8.07. The van der Waals surface area contributed by atoms with Crippen molar-refractivity contribution in [2.75, 3.05) is 7.11 Å². The zero-order valence-electron chi connectivity index (χ0n) is 12.0. The minimum absolute atomic E-state index is 0. The van der Waals surface area contributed by atoms with Crippen LogP contribution in [0.1, 0.15) is 5.56 Å². The number of hydrogen-bond donors (Lipinski definition) is 2. The summed E-state index contributed by atoms with van der Waals surface area (Å²) < 4.78 is 5.23. The number of H-pyrrole nitrogens is 1. The van der Waals surface area contributed by atoms with Crippen LogP contribution in [0.4, 0.5) is 0 Å². The Balaban J connectivity index is 0.00000176. The van der Waals surface area contributed by atoms with Gasteiger partial charge in [-0.05, 0) is 23.8 Å². The Morgan fingerprint density at radius 3 is 2.50 bits per heavy atom. The summed E-state index contributed by atoms with van der Waals surface area (Å²) in [5, 5.41) is 8.07. The van der Waals surface area contributed by atoms with Gasteiger partial charge >= 0.3 is 0 Å². The molecule has 114 valence electrons. The van der Waals surface area contributed by atoms with E-state index in [-0.39, 0.29) is 18.0 Å². The van der Waals surface area contributed by atoms with Crippen LogP contribution in [0.2, 0.25) is 0 Å². The molecule has 0 fully saturated rings. The Morgan fingerprint density at radius 2 is 1.86 bits per heavy atom. The molecule has 2 aromatic carbocycles. The smallest absolute Gasteiger partial charge is 0.272 e. The van der Waals surface area contributed by atoms with Crippen molar-refractivity contribution in [3.63, 3.8) is 0 Å². The van der Waals surface area contributed by atoms with E-state index in [1.165, 1.54) is 0 Å². The molecule has 1 aromatic heterocycles. The Hall–Kier alpha value is -2.37. The van der Waals surface area contributed by atoms with E-state index >= 15 is 0 Å². The number of ether oxygens (including phenoxy) is 1. The van der Waals surface area contributed by atoms with Crippen molar-refractivity contribution in [1.29, 1.82) is 0 Å². The molecule has 3 rings (SSSR count). The van der Waals surface area contributed by atoms with Crippen LogP contribution in [-0.2, 0) is 6.54 Å². The first-order valence-electron chi connectivity index (χ1n) is 6.58. The molecule has 0 aliphatic heterocycles. The van der Waals surface area contributed by atoms with Gasteiger partial charge < -0.3 is 10.5 Å². The van der Waals surface area contributed by atoms with Gasteiger partial charge in [-0.25, -0.2) is 5.10 Å². The van der Waals surface area contributed by atoms with Gasteiger partial charge in [0.05, 0.1) is 18.2 Å². The van der Waals surface area contributed by atoms with E-state index in [9.17, 15) is 4.79 Å². The van der Waals surface area contributed by atoms with Crippen LogP contribution in [0.5, 0.6) is 5.75 Å². The molecule has 3 aromatic rings. The van der Waals surface area contributed by atoms with Crippen molar-refractivity contribution in [2.45, 2.75) is 6.54 Å². The van der Waals surface area contributed by atoms with Gasteiger partial charge in [0, 0.05) is 17.5 Å². The first-order chi connectivity index (χ1) is 10.2. The third kappa shape index (κ3) is 2.81. The van der Waals surface area contributed by atoms with Crippen molar-refractivity contribution < 1.29 is 4.74 Å². The van der Waals surface area contributed by atoms with E-state index in [1.54, 1.807) is 19.2 Å². The second kappa shape index (κ2) is 6.60. The van der Waals surface area contributed by atoms with Gasteiger partial charge in [-0.2, -0.15) is 5.10 Å². The highest BCUT2D eigenvalue weighted by atomic mass is 35.5. The van der Waals surface area contributed by atoms with E-state index in [2.05, 4.69) is 10.2 Å². The molecule has 6 heteroatoms. The van der Waals surface area contributed by atoms with Gasteiger partial charge in [-0.3, -0.25) is 4.79 Å². The van der Waals surface area contributed by atoms with Crippen LogP contribution in [0, 0.1) is 0 Å². The number of nitrogens with zero attached hydrogens (tertiary/aromatic N) is 1. The average molecular weight is 318 g/mol. The van der Waals surface area contributed by atoms with Gasteiger partial charge in [-0.1, -0.05) is 24.3 Å². The van der Waals surface area contributed by atoms with E-state index in [0.29, 0.717) is 23.4 Å². The minimum Gasteiger partial charge on any atom is -0.497 e. The predicted molar refractivity (Wildman–Crippen MR) is 89.5 cm³/mol. The molecule has 0 saturated heterocycles. The second-order valence-corrected chi connectivity index (χ2v) is 4.71. The summed E-state index contributed by atoms with van der Waals surface area (Å²) in [7, 11) is 1.59. The lowest BCUT2D eigenvalue weighted by atomic mass is 10.0. The first-order valence-corrected chi connectivity index (χ1v) is 6.58. The monoisotopic (exact) mass is 317 g/mol. The maximum absolute atomic E-state index is 11.9. The van der Waals surface area contributed by atoms with E-state index in [0.717, 1.165) is 16.5 Å². The molecule has 1 heterocycles. The number of fused-ring (bicyclic) bond motifs is 1. The van der Waals surface area contributed by atoms with Gasteiger partial charge in [0.1, 0.15) is 5.75 Å². The molecule has 22 heavy (non-hydrogen) atoms. The standard InChI is InChI=1S/C16H15N3O2.ClH/c1-21-12-6-7-13-14(8-12)15(18-19-16(13)20)11-4-2-10(9-17)3-5-11;/h2-8H,9,17H2,1H3,(H,19,20);1H. The Kier molecular flexibility index (Phi) is 4.80. The van der Waals surface area contributed by atoms with Crippen molar-refractivity contribution >= 4 is 23.2 Å². The lowest BCUT2D eigenvalue weighted by Crippen LogP contribution is -2.09. The van der Waals surface area contributed by atoms with Crippen molar-refractivity contribution in [1.82, 2.24) is 10.2 Å². The maximum atomic E-state index is 11.9. The molecular weight excluding hydrogens is 302 g/mol. The number of rotatable bonds is 3. The molecule has 3 N–H and O–H groups in total. The number of benzene rings is 2. The molecule has 0 amide bonds. The van der Waals surface area contributed by atoms with Crippen LogP contribution in [0.3, 0.4) is 0 Å². The predicted octanol–water partition coefficient (Wildman–Crippen LogP) is 2.48. The summed E-state index contributed by atoms with van der Waals surface area (Å²) in [5.74, 6) is 0.690. The fourth-order valence-electron chi connectivity index (χ4n) is 2.29. The third-order valence-corrected chi connectivity index (χ3v) is 3.46. The van der Waals surface area contributed by atoms with Gasteiger partial charge in [0.2, 0.25) is 0 Å². The minimum atomic E-state index is -0.213. The van der Waals surface area contributed by atoms with Crippen LogP contribution in [-0.4, -0.2) is 17.3 Å². The number of hydrogen-bond acceptors (Lipinski definition) is 4. The Labute approximate surface area is 133 Å². The molecule has 5 nitrogen and oxygen atoms in total. The molecule has 0 unspecified atom stereocenters. The fraction of sp³-hybridized carbons (Fsp3) is 0.125. The molecule has 0 radical (unpaired) electrons. The third-order valence-electron chi connectivity index (χ3n) is 3.46. The fourth-order valence-corrected chi connectivity index (χ4v) is 2.29. The molecule has 0 bridgehead atoms. The van der Waals surface area contributed by atoms with Crippen LogP contribution in [0.15, 0.2) is 47.3 Å². The number of nitrogens with one attached hydrogen (secondary N) is 1. The summed E-state index contributed by atoms with van der Waals surface area (Å²) in [6.07, 6.45) is 0. The Bertz CT molecular complexity index is 844. The summed E-state index contributed by atoms with van der Waals surface area (Å²) in [6.45, 7) is 0.494. The van der Waals surface area contributed by atoms with Gasteiger partial charge in [0.25, 0.3) is 5.56 Å². The van der Waals surface area contributed by atoms with Gasteiger partial charge in [0.15, 0.2) is 0 Å². The lowest BCUT2D eigenvalue weighted by molar-refractivity contribution is 0.415. The highest BCUT2D eigenvalue weighted by Crippen LogP contribution is 2.27. The van der Waals surface area contributed by atoms with Crippen molar-refractivity contribution in [2.24, 2.45) is 5.73 Å². The molecule has 0 spiro atoms. The molecule has 0 saturated carbocycles. The van der Waals surface area contributed by atoms with Crippen molar-refractivity contribution in [3.05, 3.63) is 58.4 Å². The largest absolute Gasteiger partial charge is 0.497 e. The summed E-state index contributed by atoms with van der Waals surface area (Å²) in [6, 6.07) is 13.1. The number of halogens is 1. The lowest BCUT2D eigenvalue weighted by Gasteiger charge is -2.07. The Morgan fingerprint density at radius 1 is 1.14 bits per heavy atom. The molecular formula is C16H16ClN3O2. The highest BCUT2D eigenvalue weighted by Gasteiger charge is 2.09. The quantitative estimate of drug-likeness (QED) is 0.777. The zero-order valence-corrected chi connectivity index (χ0v) is 12.8. The molecule has 0 aliphatic carbocycles. The normalized spacial score (nSPS) is 10.3. The topological polar surface area (TPSA) is 81.0 Å². The number of methoxy groups -OCH3 is 1. The number of aromatic nitrogens is 2. The van der Waals surface area contributed by atoms with E-state index in [4.69, 9.17) is 10.5 Å². The second-order valence-electron chi connectivity index (χ2n) is 4.71. The van der Waals surface area contributed by atoms with Crippen LogP contribution >= 0.6 is 12.4 Å². The maximum Gasteiger partial charge on any atom is 0.272 e. The first kappa shape index (κ1) is 16.0.